The summed E-state index contributed by atoms with van der Waals surface area (Å²) < 4.78 is 28.9. The number of aromatic nitrogens is 1. The number of nitrogens with zero attached hydrogens (tertiary/aromatic N) is 1. The Labute approximate surface area is 129 Å². The fraction of sp³-hybridized carbons (Fsp3) is 0.429. The molecule has 0 amide bonds. The summed E-state index contributed by atoms with van der Waals surface area (Å²) in [4.78, 5) is 2.38. The van der Waals surface area contributed by atoms with Crippen LogP contribution in [0.3, 0.4) is 0 Å². The standard InChI is InChI=1S/C14H20N2O3S2/c1-4-16-8-14(6-12(16)9-17)21(18,19)15-7-13-5-10(2)11(3)20-13/h5-6,8,15,17H,4,7,9H2,1-3H3. The minimum atomic E-state index is -3.56. The van der Waals surface area contributed by atoms with E-state index in [4.69, 9.17) is 0 Å². The molecule has 2 heterocycles. The smallest absolute Gasteiger partial charge is 0.242 e. The van der Waals surface area contributed by atoms with E-state index >= 15 is 0 Å². The molecule has 0 atom stereocenters. The summed E-state index contributed by atoms with van der Waals surface area (Å²) in [5.74, 6) is 0. The first-order chi connectivity index (χ1) is 9.87. The van der Waals surface area contributed by atoms with Crippen molar-refractivity contribution < 1.29 is 13.5 Å². The van der Waals surface area contributed by atoms with Crippen molar-refractivity contribution in [2.24, 2.45) is 0 Å². The Bertz CT molecular complexity index is 688. The summed E-state index contributed by atoms with van der Waals surface area (Å²) in [6, 6.07) is 3.51. The molecular weight excluding hydrogens is 308 g/mol. The van der Waals surface area contributed by atoms with Gasteiger partial charge in [-0.05, 0) is 38.5 Å². The Morgan fingerprint density at radius 2 is 2.05 bits per heavy atom. The molecule has 116 valence electrons. The van der Waals surface area contributed by atoms with Crippen LogP contribution in [0, 0.1) is 13.8 Å². The first-order valence-electron chi connectivity index (χ1n) is 6.73. The summed E-state index contributed by atoms with van der Waals surface area (Å²) in [5.41, 5.74) is 1.77. The second-order valence-corrected chi connectivity index (χ2v) is 8.00. The van der Waals surface area contributed by atoms with Gasteiger partial charge in [-0.3, -0.25) is 0 Å². The summed E-state index contributed by atoms with van der Waals surface area (Å²) in [7, 11) is -3.56. The van der Waals surface area contributed by atoms with Crippen LogP contribution < -0.4 is 4.72 Å². The van der Waals surface area contributed by atoms with Gasteiger partial charge >= 0.3 is 0 Å². The molecule has 2 aromatic rings. The third kappa shape index (κ3) is 3.55. The molecule has 2 N–H and O–H groups in total. The monoisotopic (exact) mass is 328 g/mol. The number of aryl methyl sites for hydroxylation is 3. The Kier molecular flexibility index (Phi) is 4.88. The number of hydrogen-bond acceptors (Lipinski definition) is 4. The topological polar surface area (TPSA) is 71.3 Å². The zero-order valence-corrected chi connectivity index (χ0v) is 14.0. The van der Waals surface area contributed by atoms with Crippen molar-refractivity contribution in [3.05, 3.63) is 39.3 Å². The highest BCUT2D eigenvalue weighted by atomic mass is 32.2. The van der Waals surface area contributed by atoms with Crippen molar-refractivity contribution >= 4 is 21.4 Å². The Morgan fingerprint density at radius 1 is 1.33 bits per heavy atom. The predicted octanol–water partition coefficient (Wildman–Crippen LogP) is 2.16. The normalized spacial score (nSPS) is 12.0. The molecular formula is C14H20N2O3S2. The van der Waals surface area contributed by atoms with E-state index in [2.05, 4.69) is 4.72 Å². The van der Waals surface area contributed by atoms with Crippen molar-refractivity contribution in [2.45, 2.75) is 45.4 Å². The number of thiophene rings is 1. The quantitative estimate of drug-likeness (QED) is 0.853. The Hall–Kier alpha value is -1.15. The van der Waals surface area contributed by atoms with E-state index in [0.29, 0.717) is 12.2 Å². The maximum absolute atomic E-state index is 12.3. The molecule has 7 heteroatoms. The lowest BCUT2D eigenvalue weighted by atomic mass is 10.3. The van der Waals surface area contributed by atoms with Gasteiger partial charge in [0, 0.05) is 34.7 Å². The zero-order chi connectivity index (χ0) is 15.6. The average molecular weight is 328 g/mol. The van der Waals surface area contributed by atoms with Crippen LogP contribution in [0.25, 0.3) is 0 Å². The van der Waals surface area contributed by atoms with Crippen molar-refractivity contribution in [2.75, 3.05) is 0 Å². The van der Waals surface area contributed by atoms with Gasteiger partial charge in [0.2, 0.25) is 10.0 Å². The summed E-state index contributed by atoms with van der Waals surface area (Å²) in [6.07, 6.45) is 1.55. The van der Waals surface area contributed by atoms with Gasteiger partial charge in [-0.25, -0.2) is 13.1 Å². The molecule has 0 aliphatic heterocycles. The van der Waals surface area contributed by atoms with Gasteiger partial charge < -0.3 is 9.67 Å². The third-order valence-corrected chi connectivity index (χ3v) is 5.95. The molecule has 5 nitrogen and oxygen atoms in total. The highest BCUT2D eigenvalue weighted by Gasteiger charge is 2.18. The van der Waals surface area contributed by atoms with E-state index < -0.39 is 10.0 Å². The molecule has 0 radical (unpaired) electrons. The van der Waals surface area contributed by atoms with E-state index in [-0.39, 0.29) is 18.0 Å². The number of rotatable bonds is 6. The van der Waals surface area contributed by atoms with Gasteiger partial charge in [-0.15, -0.1) is 11.3 Å². The fourth-order valence-corrected chi connectivity index (χ4v) is 4.24. The molecule has 0 fully saturated rings. The van der Waals surface area contributed by atoms with Gasteiger partial charge in [-0.2, -0.15) is 0 Å². The molecule has 0 aliphatic carbocycles. The van der Waals surface area contributed by atoms with E-state index in [1.54, 1.807) is 22.1 Å². The highest BCUT2D eigenvalue weighted by molar-refractivity contribution is 7.89. The van der Waals surface area contributed by atoms with Gasteiger partial charge in [0.15, 0.2) is 0 Å². The maximum Gasteiger partial charge on any atom is 0.242 e. The van der Waals surface area contributed by atoms with Crippen LogP contribution in [-0.4, -0.2) is 18.1 Å². The number of hydrogen-bond donors (Lipinski definition) is 2. The Morgan fingerprint density at radius 3 is 2.52 bits per heavy atom. The molecule has 21 heavy (non-hydrogen) atoms. The SMILES string of the molecule is CCn1cc(S(=O)(=O)NCc2cc(C)c(C)s2)cc1CO. The van der Waals surface area contributed by atoms with Crippen molar-refractivity contribution in [1.29, 1.82) is 0 Å². The van der Waals surface area contributed by atoms with Crippen LogP contribution >= 0.6 is 11.3 Å². The average Bonchev–Trinajstić information content (AvgIpc) is 3.01. The van der Waals surface area contributed by atoms with Gasteiger partial charge in [0.1, 0.15) is 0 Å². The number of sulfonamides is 1. The lowest BCUT2D eigenvalue weighted by molar-refractivity contribution is 0.271. The maximum atomic E-state index is 12.3. The summed E-state index contributed by atoms with van der Waals surface area (Å²) >= 11 is 1.60. The van der Waals surface area contributed by atoms with E-state index in [9.17, 15) is 13.5 Å². The van der Waals surface area contributed by atoms with Crippen LogP contribution in [0.2, 0.25) is 0 Å². The molecule has 2 aromatic heterocycles. The van der Waals surface area contributed by atoms with Crippen molar-refractivity contribution in [3.8, 4) is 0 Å². The second-order valence-electron chi connectivity index (χ2n) is 4.89. The van der Waals surface area contributed by atoms with Gasteiger partial charge in [0.05, 0.1) is 11.5 Å². The van der Waals surface area contributed by atoms with Crippen LogP contribution in [0.5, 0.6) is 0 Å². The molecule has 0 unspecified atom stereocenters. The minimum absolute atomic E-state index is 0.174. The van der Waals surface area contributed by atoms with E-state index in [1.807, 2.05) is 26.8 Å². The lowest BCUT2D eigenvalue weighted by Gasteiger charge is -2.03. The van der Waals surface area contributed by atoms with Crippen LogP contribution in [0.15, 0.2) is 23.2 Å². The van der Waals surface area contributed by atoms with Crippen molar-refractivity contribution in [1.82, 2.24) is 9.29 Å². The third-order valence-electron chi connectivity index (χ3n) is 3.43. The first kappa shape index (κ1) is 16.2. The van der Waals surface area contributed by atoms with Crippen molar-refractivity contribution in [3.63, 3.8) is 0 Å². The van der Waals surface area contributed by atoms with Gasteiger partial charge in [0.25, 0.3) is 0 Å². The summed E-state index contributed by atoms with van der Waals surface area (Å²) in [6.45, 7) is 6.67. The Balaban J connectivity index is 2.16. The lowest BCUT2D eigenvalue weighted by Crippen LogP contribution is -2.22. The highest BCUT2D eigenvalue weighted by Crippen LogP contribution is 2.21. The van der Waals surface area contributed by atoms with E-state index in [1.165, 1.54) is 16.5 Å². The minimum Gasteiger partial charge on any atom is -0.390 e. The fourth-order valence-electron chi connectivity index (χ4n) is 2.09. The molecule has 0 saturated heterocycles. The number of aliphatic hydroxyl groups excluding tert-OH is 1. The molecule has 0 aromatic carbocycles. The second kappa shape index (κ2) is 6.31. The molecule has 0 spiro atoms. The first-order valence-corrected chi connectivity index (χ1v) is 9.02. The zero-order valence-electron chi connectivity index (χ0n) is 12.4. The summed E-state index contributed by atoms with van der Waals surface area (Å²) in [5, 5.41) is 9.24. The van der Waals surface area contributed by atoms with Gasteiger partial charge in [-0.1, -0.05) is 0 Å². The molecule has 0 aliphatic rings. The number of aliphatic hydroxyl groups is 1. The van der Waals surface area contributed by atoms with Crippen LogP contribution in [-0.2, 0) is 29.7 Å². The van der Waals surface area contributed by atoms with Crippen LogP contribution in [0.1, 0.15) is 27.9 Å². The van der Waals surface area contributed by atoms with E-state index in [0.717, 1.165) is 4.88 Å². The molecule has 2 rings (SSSR count). The molecule has 0 saturated carbocycles. The molecule has 0 bridgehead atoms. The number of nitrogens with one attached hydrogen (secondary N) is 1. The predicted molar refractivity (Wildman–Crippen MR) is 83.8 cm³/mol. The van der Waals surface area contributed by atoms with Crippen LogP contribution in [0.4, 0.5) is 0 Å². The largest absolute Gasteiger partial charge is 0.390 e.